The monoisotopic (exact) mass is 420 g/mol. The Bertz CT molecular complexity index is 719. The minimum absolute atomic E-state index is 0.0464. The molecule has 1 saturated heterocycles. The average Bonchev–Trinajstić information content (AvgIpc) is 2.98. The molecule has 6 unspecified atom stereocenters. The Hall–Kier alpha value is -1.40. The number of allylic oxidation sites excluding steroid dienone is 1. The van der Waals surface area contributed by atoms with Gasteiger partial charge in [-0.1, -0.05) is 46.4 Å². The van der Waals surface area contributed by atoms with E-state index < -0.39 is 13.7 Å². The number of esters is 2. The molecule has 2 aliphatic carbocycles. The molecule has 6 heteroatoms. The fraction of sp³-hybridized carbons (Fsp3) is 0.739. The molecule has 0 spiro atoms. The zero-order chi connectivity index (χ0) is 21.6. The number of hydrogen-bond acceptors (Lipinski definition) is 5. The molecule has 1 saturated carbocycles. The fourth-order valence-corrected chi connectivity index (χ4v) is 8.98. The van der Waals surface area contributed by atoms with Crippen LogP contribution >= 0.6 is 0 Å². The van der Waals surface area contributed by atoms with Gasteiger partial charge in [-0.05, 0) is 48.4 Å². The molecule has 0 amide bonds. The topological polar surface area (TPSA) is 61.8 Å². The average molecular weight is 421 g/mol. The van der Waals surface area contributed by atoms with Crippen LogP contribution in [0.1, 0.15) is 47.5 Å². The first-order valence-corrected chi connectivity index (χ1v) is 13.5. The van der Waals surface area contributed by atoms with Gasteiger partial charge in [-0.25, -0.2) is 0 Å². The molecule has 1 heterocycles. The molecular formula is C23H36O5Si. The van der Waals surface area contributed by atoms with Gasteiger partial charge in [0.05, 0.1) is 18.9 Å². The molecule has 6 atom stereocenters. The van der Waals surface area contributed by atoms with Gasteiger partial charge in [0, 0.05) is 5.92 Å². The lowest BCUT2D eigenvalue weighted by atomic mass is 9.48. The van der Waals surface area contributed by atoms with Crippen molar-refractivity contribution >= 4 is 20.3 Å². The third kappa shape index (κ3) is 3.23. The second kappa shape index (κ2) is 7.69. The van der Waals surface area contributed by atoms with Gasteiger partial charge in [0.15, 0.2) is 8.32 Å². The summed E-state index contributed by atoms with van der Waals surface area (Å²) in [6.45, 7) is 15.1. The van der Waals surface area contributed by atoms with Crippen molar-refractivity contribution in [3.8, 4) is 0 Å². The van der Waals surface area contributed by atoms with E-state index in [1.807, 2.05) is 13.0 Å². The first kappa shape index (κ1) is 22.3. The maximum absolute atomic E-state index is 13.0. The van der Waals surface area contributed by atoms with Crippen molar-refractivity contribution in [2.24, 2.45) is 22.7 Å². The Labute approximate surface area is 176 Å². The molecule has 3 aliphatic rings. The van der Waals surface area contributed by atoms with Gasteiger partial charge in [-0.3, -0.25) is 9.59 Å². The van der Waals surface area contributed by atoms with Gasteiger partial charge >= 0.3 is 11.9 Å². The Kier molecular flexibility index (Phi) is 5.91. The van der Waals surface area contributed by atoms with Gasteiger partial charge in [0.25, 0.3) is 0 Å². The summed E-state index contributed by atoms with van der Waals surface area (Å²) < 4.78 is 17.9. The molecule has 0 aromatic heterocycles. The first-order chi connectivity index (χ1) is 13.6. The summed E-state index contributed by atoms with van der Waals surface area (Å²) in [6.07, 6.45) is 4.42. The highest BCUT2D eigenvalue weighted by Crippen LogP contribution is 2.64. The molecule has 0 N–H and O–H groups in total. The van der Waals surface area contributed by atoms with E-state index in [1.54, 1.807) is 0 Å². The van der Waals surface area contributed by atoms with E-state index in [2.05, 4.69) is 40.3 Å². The summed E-state index contributed by atoms with van der Waals surface area (Å²) in [5.74, 6) is -0.597. The lowest BCUT2D eigenvalue weighted by molar-refractivity contribution is -0.150. The quantitative estimate of drug-likeness (QED) is 0.341. The highest BCUT2D eigenvalue weighted by Gasteiger charge is 2.68. The van der Waals surface area contributed by atoms with E-state index in [0.29, 0.717) is 0 Å². The Balaban J connectivity index is 2.09. The van der Waals surface area contributed by atoms with Gasteiger partial charge in [-0.15, -0.1) is 0 Å². The molecule has 0 radical (unpaired) electrons. The minimum atomic E-state index is -1.98. The number of rotatable bonds is 7. The SMILES string of the molecule is C=C1C(O[Si](CC)(CC)CC)C2OC(=O)C3(C)C=CCC(C)(C1CC(=O)OC)C23. The normalized spacial score (nSPS) is 38.6. The molecule has 1 aliphatic heterocycles. The van der Waals surface area contributed by atoms with E-state index in [9.17, 15) is 9.59 Å². The molecule has 0 aromatic rings. The van der Waals surface area contributed by atoms with Crippen LogP contribution in [0.4, 0.5) is 0 Å². The van der Waals surface area contributed by atoms with E-state index in [1.165, 1.54) is 7.11 Å². The largest absolute Gasteiger partial charge is 0.469 e. The first-order valence-electron chi connectivity index (χ1n) is 10.9. The van der Waals surface area contributed by atoms with Crippen LogP contribution in [0.2, 0.25) is 18.1 Å². The van der Waals surface area contributed by atoms with Crippen LogP contribution in [-0.2, 0) is 23.5 Å². The van der Waals surface area contributed by atoms with Crippen LogP contribution in [-0.4, -0.2) is 39.6 Å². The maximum atomic E-state index is 13.0. The Morgan fingerprint density at radius 1 is 1.28 bits per heavy atom. The van der Waals surface area contributed by atoms with Crippen LogP contribution in [0.3, 0.4) is 0 Å². The van der Waals surface area contributed by atoms with Crippen LogP contribution in [0.15, 0.2) is 24.3 Å². The number of carbonyl (C=O) groups excluding carboxylic acids is 2. The summed E-state index contributed by atoms with van der Waals surface area (Å²) in [5, 5.41) is 0. The van der Waals surface area contributed by atoms with E-state index in [-0.39, 0.29) is 47.8 Å². The zero-order valence-corrected chi connectivity index (χ0v) is 19.7. The number of ether oxygens (including phenoxy) is 2. The predicted molar refractivity (Wildman–Crippen MR) is 115 cm³/mol. The molecule has 0 bridgehead atoms. The molecule has 2 fully saturated rings. The van der Waals surface area contributed by atoms with Crippen molar-refractivity contribution in [3.63, 3.8) is 0 Å². The predicted octanol–water partition coefficient (Wildman–Crippen LogP) is 4.64. The Morgan fingerprint density at radius 3 is 2.45 bits per heavy atom. The fourth-order valence-electron chi connectivity index (χ4n) is 6.16. The van der Waals surface area contributed by atoms with E-state index >= 15 is 0 Å². The minimum Gasteiger partial charge on any atom is -0.469 e. The standard InChI is InChI=1S/C23H36O5Si/c1-8-29(9-2,10-3)28-18-15(4)16(14-17(24)26-7)22(5)12-11-13-23(6)20(22)19(18)27-21(23)25/h11,13,16,18-20H,4,8-10,12,14H2,1-3,5-7H3. The molecule has 0 aromatic carbocycles. The zero-order valence-electron chi connectivity index (χ0n) is 18.7. The molecule has 29 heavy (non-hydrogen) atoms. The molecular weight excluding hydrogens is 384 g/mol. The molecule has 3 rings (SSSR count). The highest BCUT2D eigenvalue weighted by molar-refractivity contribution is 6.73. The molecule has 162 valence electrons. The number of carbonyl (C=O) groups is 2. The summed E-state index contributed by atoms with van der Waals surface area (Å²) in [4.78, 5) is 25.3. The van der Waals surface area contributed by atoms with Gasteiger partial charge < -0.3 is 13.9 Å². The smallest absolute Gasteiger partial charge is 0.316 e. The second-order valence-electron chi connectivity index (χ2n) is 9.43. The second-order valence-corrected chi connectivity index (χ2v) is 14.2. The van der Waals surface area contributed by atoms with Crippen molar-refractivity contribution in [1.82, 2.24) is 0 Å². The van der Waals surface area contributed by atoms with Crippen molar-refractivity contribution < 1.29 is 23.5 Å². The highest BCUT2D eigenvalue weighted by atomic mass is 28.4. The summed E-state index contributed by atoms with van der Waals surface area (Å²) in [7, 11) is -0.558. The number of methoxy groups -OCH3 is 1. The maximum Gasteiger partial charge on any atom is 0.316 e. The van der Waals surface area contributed by atoms with Crippen LogP contribution in [0, 0.1) is 22.7 Å². The molecule has 5 nitrogen and oxygen atoms in total. The Morgan fingerprint density at radius 2 is 1.90 bits per heavy atom. The van der Waals surface area contributed by atoms with Crippen molar-refractivity contribution in [1.29, 1.82) is 0 Å². The van der Waals surface area contributed by atoms with Crippen LogP contribution in [0.5, 0.6) is 0 Å². The third-order valence-electron chi connectivity index (χ3n) is 8.21. The van der Waals surface area contributed by atoms with Crippen LogP contribution in [0.25, 0.3) is 0 Å². The third-order valence-corrected chi connectivity index (χ3v) is 12.8. The van der Waals surface area contributed by atoms with Crippen molar-refractivity contribution in [2.45, 2.75) is 77.8 Å². The van der Waals surface area contributed by atoms with Gasteiger partial charge in [-0.2, -0.15) is 0 Å². The van der Waals surface area contributed by atoms with Gasteiger partial charge in [0.1, 0.15) is 12.2 Å². The van der Waals surface area contributed by atoms with Crippen molar-refractivity contribution in [3.05, 3.63) is 24.3 Å². The summed E-state index contributed by atoms with van der Waals surface area (Å²) in [6, 6.07) is 3.02. The summed E-state index contributed by atoms with van der Waals surface area (Å²) in [5.41, 5.74) is -0.109. The van der Waals surface area contributed by atoms with Gasteiger partial charge in [0.2, 0.25) is 0 Å². The van der Waals surface area contributed by atoms with Crippen LogP contribution < -0.4 is 0 Å². The number of hydrogen-bond donors (Lipinski definition) is 0. The van der Waals surface area contributed by atoms with Crippen molar-refractivity contribution in [2.75, 3.05) is 7.11 Å². The summed E-state index contributed by atoms with van der Waals surface area (Å²) >= 11 is 0. The van der Waals surface area contributed by atoms with E-state index in [0.717, 1.165) is 30.1 Å². The van der Waals surface area contributed by atoms with E-state index in [4.69, 9.17) is 13.9 Å². The lowest BCUT2D eigenvalue weighted by Crippen LogP contribution is -2.59. The lowest BCUT2D eigenvalue weighted by Gasteiger charge is -2.56.